The SMILES string of the molecule is CC(C)C1CN(Cc2nccn2C)CCC(=O)N1CC1CC1. The van der Waals surface area contributed by atoms with Crippen molar-refractivity contribution in [1.82, 2.24) is 19.4 Å². The molecule has 0 N–H and O–H groups in total. The van der Waals surface area contributed by atoms with E-state index in [1.165, 1.54) is 12.8 Å². The van der Waals surface area contributed by atoms with Crippen LogP contribution >= 0.6 is 0 Å². The second kappa shape index (κ2) is 6.41. The quantitative estimate of drug-likeness (QED) is 0.834. The smallest absolute Gasteiger partial charge is 0.224 e. The van der Waals surface area contributed by atoms with Crippen LogP contribution in [-0.2, 0) is 18.4 Å². The minimum Gasteiger partial charge on any atom is -0.338 e. The molecule has 22 heavy (non-hydrogen) atoms. The third-order valence-electron chi connectivity index (χ3n) is 5.02. The molecule has 5 heteroatoms. The fourth-order valence-corrected chi connectivity index (χ4v) is 3.32. The molecule has 2 heterocycles. The number of aromatic nitrogens is 2. The number of amides is 1. The highest BCUT2D eigenvalue weighted by Gasteiger charge is 2.35. The number of hydrogen-bond donors (Lipinski definition) is 0. The maximum absolute atomic E-state index is 12.6. The summed E-state index contributed by atoms with van der Waals surface area (Å²) in [7, 11) is 2.03. The van der Waals surface area contributed by atoms with E-state index in [2.05, 4.69) is 33.2 Å². The van der Waals surface area contributed by atoms with E-state index >= 15 is 0 Å². The summed E-state index contributed by atoms with van der Waals surface area (Å²) in [5, 5.41) is 0. The van der Waals surface area contributed by atoms with E-state index in [9.17, 15) is 4.79 Å². The van der Waals surface area contributed by atoms with Crippen molar-refractivity contribution in [2.45, 2.75) is 45.7 Å². The molecule has 3 rings (SSSR count). The Morgan fingerprint density at radius 1 is 1.36 bits per heavy atom. The first-order chi connectivity index (χ1) is 10.5. The second-order valence-electron chi connectivity index (χ2n) is 7.24. The predicted octanol–water partition coefficient (Wildman–Crippen LogP) is 1.89. The molecule has 0 aromatic carbocycles. The average molecular weight is 304 g/mol. The van der Waals surface area contributed by atoms with Crippen LogP contribution in [0.3, 0.4) is 0 Å². The van der Waals surface area contributed by atoms with E-state index in [0.717, 1.165) is 37.9 Å². The van der Waals surface area contributed by atoms with Gasteiger partial charge in [-0.25, -0.2) is 4.98 Å². The summed E-state index contributed by atoms with van der Waals surface area (Å²) in [4.78, 5) is 21.6. The van der Waals surface area contributed by atoms with Gasteiger partial charge in [-0.1, -0.05) is 13.8 Å². The number of aryl methyl sites for hydroxylation is 1. The molecule has 2 fully saturated rings. The molecule has 1 saturated heterocycles. The fraction of sp³-hybridized carbons (Fsp3) is 0.765. The minimum absolute atomic E-state index is 0.330. The largest absolute Gasteiger partial charge is 0.338 e. The van der Waals surface area contributed by atoms with Gasteiger partial charge in [0.1, 0.15) is 5.82 Å². The number of nitrogens with zero attached hydrogens (tertiary/aromatic N) is 4. The molecule has 1 atom stereocenters. The zero-order valence-electron chi connectivity index (χ0n) is 14.0. The third-order valence-corrected chi connectivity index (χ3v) is 5.02. The maximum Gasteiger partial charge on any atom is 0.224 e. The third kappa shape index (κ3) is 3.51. The summed E-state index contributed by atoms with van der Waals surface area (Å²) >= 11 is 0. The Balaban J connectivity index is 1.72. The highest BCUT2D eigenvalue weighted by molar-refractivity contribution is 5.77. The Labute approximate surface area is 133 Å². The summed E-state index contributed by atoms with van der Waals surface area (Å²) < 4.78 is 2.07. The molecule has 0 radical (unpaired) electrons. The van der Waals surface area contributed by atoms with Gasteiger partial charge in [-0.05, 0) is 24.7 Å². The van der Waals surface area contributed by atoms with Crippen molar-refractivity contribution in [3.8, 4) is 0 Å². The summed E-state index contributed by atoms with van der Waals surface area (Å²) in [6.07, 6.45) is 7.06. The standard InChI is InChI=1S/C17H28N4O/c1-13(2)15-11-20(12-16-18-7-9-19(16)3)8-6-17(22)21(15)10-14-4-5-14/h7,9,13-15H,4-6,8,10-12H2,1-3H3. The van der Waals surface area contributed by atoms with E-state index in [0.29, 0.717) is 24.3 Å². The van der Waals surface area contributed by atoms with Gasteiger partial charge in [0.2, 0.25) is 5.91 Å². The lowest BCUT2D eigenvalue weighted by atomic mass is 10.0. The van der Waals surface area contributed by atoms with Gasteiger partial charge >= 0.3 is 0 Å². The topological polar surface area (TPSA) is 41.4 Å². The van der Waals surface area contributed by atoms with Gasteiger partial charge in [-0.15, -0.1) is 0 Å². The first-order valence-corrected chi connectivity index (χ1v) is 8.52. The van der Waals surface area contributed by atoms with Crippen molar-refractivity contribution in [3.63, 3.8) is 0 Å². The van der Waals surface area contributed by atoms with Gasteiger partial charge in [-0.3, -0.25) is 9.69 Å². The monoisotopic (exact) mass is 304 g/mol. The Hall–Kier alpha value is -1.36. The molecule has 0 bridgehead atoms. The zero-order chi connectivity index (χ0) is 15.7. The minimum atomic E-state index is 0.330. The number of imidazole rings is 1. The Bertz CT molecular complexity index is 520. The van der Waals surface area contributed by atoms with E-state index in [4.69, 9.17) is 0 Å². The molecule has 1 aliphatic heterocycles. The van der Waals surface area contributed by atoms with Crippen molar-refractivity contribution in [2.24, 2.45) is 18.9 Å². The Morgan fingerprint density at radius 3 is 2.73 bits per heavy atom. The van der Waals surface area contributed by atoms with Gasteiger partial charge in [0.05, 0.1) is 6.54 Å². The maximum atomic E-state index is 12.6. The van der Waals surface area contributed by atoms with Gasteiger partial charge in [-0.2, -0.15) is 0 Å². The lowest BCUT2D eigenvalue weighted by Crippen LogP contribution is -2.47. The summed E-state index contributed by atoms with van der Waals surface area (Å²) in [5.74, 6) is 2.66. The van der Waals surface area contributed by atoms with Gasteiger partial charge < -0.3 is 9.47 Å². The molecule has 1 aromatic rings. The van der Waals surface area contributed by atoms with Crippen molar-refractivity contribution in [2.75, 3.05) is 19.6 Å². The summed E-state index contributed by atoms with van der Waals surface area (Å²) in [5.41, 5.74) is 0. The molecule has 1 saturated carbocycles. The van der Waals surface area contributed by atoms with Crippen LogP contribution in [0.4, 0.5) is 0 Å². The molecule has 1 aliphatic carbocycles. The van der Waals surface area contributed by atoms with Gasteiger partial charge in [0.15, 0.2) is 0 Å². The second-order valence-corrected chi connectivity index (χ2v) is 7.24. The molecule has 2 aliphatic rings. The molecule has 1 amide bonds. The van der Waals surface area contributed by atoms with Crippen LogP contribution < -0.4 is 0 Å². The van der Waals surface area contributed by atoms with E-state index in [-0.39, 0.29) is 0 Å². The van der Waals surface area contributed by atoms with Crippen LogP contribution in [-0.4, -0.2) is 50.9 Å². The fourth-order valence-electron chi connectivity index (χ4n) is 3.32. The molecular formula is C17H28N4O. The Morgan fingerprint density at radius 2 is 2.14 bits per heavy atom. The molecule has 0 spiro atoms. The highest BCUT2D eigenvalue weighted by Crippen LogP contribution is 2.32. The number of hydrogen-bond acceptors (Lipinski definition) is 3. The molecule has 1 aromatic heterocycles. The van der Waals surface area contributed by atoms with Crippen LogP contribution in [0.1, 0.15) is 38.9 Å². The van der Waals surface area contributed by atoms with Crippen molar-refractivity contribution >= 4 is 5.91 Å². The van der Waals surface area contributed by atoms with Crippen LogP contribution in [0.25, 0.3) is 0 Å². The molecule has 1 unspecified atom stereocenters. The average Bonchev–Trinajstić information content (AvgIpc) is 3.23. The Kier molecular flexibility index (Phi) is 4.52. The highest BCUT2D eigenvalue weighted by atomic mass is 16.2. The van der Waals surface area contributed by atoms with Crippen molar-refractivity contribution in [1.29, 1.82) is 0 Å². The van der Waals surface area contributed by atoms with Crippen LogP contribution in [0.5, 0.6) is 0 Å². The molecule has 122 valence electrons. The first kappa shape index (κ1) is 15.5. The van der Waals surface area contributed by atoms with Crippen LogP contribution in [0, 0.1) is 11.8 Å². The van der Waals surface area contributed by atoms with Gasteiger partial charge in [0, 0.05) is 51.5 Å². The lowest BCUT2D eigenvalue weighted by Gasteiger charge is -2.34. The van der Waals surface area contributed by atoms with Crippen LogP contribution in [0.15, 0.2) is 12.4 Å². The number of carbonyl (C=O) groups is 1. The number of carbonyl (C=O) groups excluding carboxylic acids is 1. The van der Waals surface area contributed by atoms with Crippen molar-refractivity contribution < 1.29 is 4.79 Å². The van der Waals surface area contributed by atoms with E-state index in [1.54, 1.807) is 0 Å². The van der Waals surface area contributed by atoms with Crippen LogP contribution in [0.2, 0.25) is 0 Å². The van der Waals surface area contributed by atoms with E-state index < -0.39 is 0 Å². The van der Waals surface area contributed by atoms with Gasteiger partial charge in [0.25, 0.3) is 0 Å². The summed E-state index contributed by atoms with van der Waals surface area (Å²) in [6.45, 7) is 8.08. The summed E-state index contributed by atoms with van der Waals surface area (Å²) in [6, 6.07) is 0.330. The van der Waals surface area contributed by atoms with Crippen molar-refractivity contribution in [3.05, 3.63) is 18.2 Å². The normalized spacial score (nSPS) is 24.1. The zero-order valence-corrected chi connectivity index (χ0v) is 14.0. The number of rotatable bonds is 5. The van der Waals surface area contributed by atoms with E-state index in [1.807, 2.05) is 19.4 Å². The lowest BCUT2D eigenvalue weighted by molar-refractivity contribution is -0.133. The predicted molar refractivity (Wildman–Crippen MR) is 86.2 cm³/mol. The first-order valence-electron chi connectivity index (χ1n) is 8.52. The molecular weight excluding hydrogens is 276 g/mol. The molecule has 5 nitrogen and oxygen atoms in total.